The molecule has 4 heteroatoms. The topological polar surface area (TPSA) is 11.4 Å². The highest BCUT2D eigenvalue weighted by Crippen LogP contribution is 2.53. The van der Waals surface area contributed by atoms with Crippen molar-refractivity contribution in [3.8, 4) is 39.1 Å². The van der Waals surface area contributed by atoms with Crippen LogP contribution in [0.15, 0.2) is 249 Å². The SMILES string of the molecule is CC1(C)c2ccccc2-c2ccc(N(c3ccccc3)c3cc(-c4ccc5c(c4)c4ccccc4n5-c4ccc5c(c4)C(C)(C)c4ccccc4-5)cc(N(c4ccccc4)c4ccc5sc6ccccc6c5c4)c3)cc21. The first-order chi connectivity index (χ1) is 37.2. The zero-order valence-corrected chi connectivity index (χ0v) is 43.7. The first-order valence-electron chi connectivity index (χ1n) is 26.5. The number of aromatic nitrogens is 1. The second-order valence-corrected chi connectivity index (χ2v) is 22.8. The van der Waals surface area contributed by atoms with Gasteiger partial charge in [0.1, 0.15) is 0 Å². The lowest BCUT2D eigenvalue weighted by molar-refractivity contribution is 0.660. The van der Waals surface area contributed by atoms with E-state index in [4.69, 9.17) is 0 Å². The van der Waals surface area contributed by atoms with Crippen LogP contribution in [0.25, 0.3) is 81.0 Å². The third-order valence-corrected chi connectivity index (χ3v) is 17.9. The Hall–Kier alpha value is -8.96. The summed E-state index contributed by atoms with van der Waals surface area (Å²) in [5.41, 5.74) is 22.8. The number of benzene rings is 11. The Balaban J connectivity index is 0.959. The number of fused-ring (bicyclic) bond motifs is 12. The van der Waals surface area contributed by atoms with Crippen LogP contribution < -0.4 is 9.80 Å². The Kier molecular flexibility index (Phi) is 9.83. The fraction of sp³-hybridized carbons (Fsp3) is 0.0833. The highest BCUT2D eigenvalue weighted by Gasteiger charge is 2.37. The van der Waals surface area contributed by atoms with Gasteiger partial charge in [-0.2, -0.15) is 0 Å². The standard InChI is InChI=1S/C72H53N3S/c1-71(2)63-27-15-11-23-55(63)57-35-32-51(44-65(57)71)74(49-21-9-6-10-22-49)54-40-47(39-53(42-54)73(48-19-7-5-8-20-48)50-34-38-70-62(43-50)60-26-14-18-30-69(60)76-70)46-31-37-68-61(41-46)59-25-13-17-29-67(59)75(68)52-33-36-58-56-24-12-16-28-64(56)72(3,4)66(58)45-52/h5-45H,1-4H3. The Labute approximate surface area is 447 Å². The van der Waals surface area contributed by atoms with Crippen LogP contribution in [0.3, 0.4) is 0 Å². The molecule has 362 valence electrons. The molecule has 0 radical (unpaired) electrons. The van der Waals surface area contributed by atoms with Crippen LogP contribution in [0.2, 0.25) is 0 Å². The molecule has 2 aromatic heterocycles. The maximum Gasteiger partial charge on any atom is 0.0541 e. The lowest BCUT2D eigenvalue weighted by Gasteiger charge is -2.31. The van der Waals surface area contributed by atoms with Crippen molar-refractivity contribution in [2.24, 2.45) is 0 Å². The molecule has 2 aliphatic carbocycles. The molecule has 2 heterocycles. The van der Waals surface area contributed by atoms with Gasteiger partial charge in [-0.05, 0) is 165 Å². The number of para-hydroxylation sites is 3. The van der Waals surface area contributed by atoms with Gasteiger partial charge in [0.15, 0.2) is 0 Å². The quantitative estimate of drug-likeness (QED) is 0.150. The molecule has 13 aromatic rings. The minimum atomic E-state index is -0.165. The van der Waals surface area contributed by atoms with E-state index in [1.54, 1.807) is 0 Å². The summed E-state index contributed by atoms with van der Waals surface area (Å²) < 4.78 is 5.05. The summed E-state index contributed by atoms with van der Waals surface area (Å²) >= 11 is 1.86. The van der Waals surface area contributed by atoms with Crippen molar-refractivity contribution in [1.82, 2.24) is 4.57 Å². The number of rotatable bonds is 8. The summed E-state index contributed by atoms with van der Waals surface area (Å²) in [4.78, 5) is 4.91. The van der Waals surface area contributed by atoms with E-state index in [0.717, 1.165) is 45.3 Å². The van der Waals surface area contributed by atoms with E-state index in [9.17, 15) is 0 Å². The predicted molar refractivity (Wildman–Crippen MR) is 324 cm³/mol. The molecule has 0 spiro atoms. The summed E-state index contributed by atoms with van der Waals surface area (Å²) in [7, 11) is 0. The van der Waals surface area contributed by atoms with Crippen LogP contribution >= 0.6 is 11.3 Å². The van der Waals surface area contributed by atoms with Gasteiger partial charge in [0.05, 0.1) is 11.0 Å². The van der Waals surface area contributed by atoms with Crippen molar-refractivity contribution >= 4 is 87.4 Å². The van der Waals surface area contributed by atoms with Gasteiger partial charge in [-0.3, -0.25) is 0 Å². The molecule has 0 bridgehead atoms. The van der Waals surface area contributed by atoms with Gasteiger partial charge in [-0.25, -0.2) is 0 Å². The van der Waals surface area contributed by atoms with Crippen molar-refractivity contribution in [3.05, 3.63) is 271 Å². The molecule has 0 saturated carbocycles. The summed E-state index contributed by atoms with van der Waals surface area (Å²) in [5.74, 6) is 0. The molecule has 0 saturated heterocycles. The van der Waals surface area contributed by atoms with E-state index >= 15 is 0 Å². The third kappa shape index (κ3) is 6.73. The van der Waals surface area contributed by atoms with Crippen molar-refractivity contribution in [3.63, 3.8) is 0 Å². The van der Waals surface area contributed by atoms with Gasteiger partial charge in [0.2, 0.25) is 0 Å². The van der Waals surface area contributed by atoms with Gasteiger partial charge >= 0.3 is 0 Å². The summed E-state index contributed by atoms with van der Waals surface area (Å²) in [5, 5.41) is 5.00. The minimum absolute atomic E-state index is 0.109. The molecule has 2 aliphatic rings. The second-order valence-electron chi connectivity index (χ2n) is 21.7. The van der Waals surface area contributed by atoms with Crippen molar-refractivity contribution < 1.29 is 0 Å². The highest BCUT2D eigenvalue weighted by molar-refractivity contribution is 7.25. The molecule has 0 aliphatic heterocycles. The smallest absolute Gasteiger partial charge is 0.0541 e. The van der Waals surface area contributed by atoms with E-state index in [1.807, 2.05) is 11.3 Å². The molecule has 0 atom stereocenters. The maximum absolute atomic E-state index is 2.47. The Morgan fingerprint density at radius 1 is 0.303 bits per heavy atom. The number of thiophene rings is 1. The van der Waals surface area contributed by atoms with Gasteiger partial charge in [-0.15, -0.1) is 11.3 Å². The average molecular weight is 992 g/mol. The van der Waals surface area contributed by atoms with Crippen LogP contribution in [-0.4, -0.2) is 4.57 Å². The normalized spacial score (nSPS) is 13.7. The zero-order valence-electron chi connectivity index (χ0n) is 42.9. The van der Waals surface area contributed by atoms with Crippen LogP contribution in [0.4, 0.5) is 34.1 Å². The number of anilines is 6. The largest absolute Gasteiger partial charge is 0.310 e. The molecule has 0 fully saturated rings. The highest BCUT2D eigenvalue weighted by atomic mass is 32.1. The third-order valence-electron chi connectivity index (χ3n) is 16.7. The molecule has 11 aromatic carbocycles. The molecule has 76 heavy (non-hydrogen) atoms. The van der Waals surface area contributed by atoms with Crippen molar-refractivity contribution in [1.29, 1.82) is 0 Å². The monoisotopic (exact) mass is 991 g/mol. The molecule has 0 unspecified atom stereocenters. The lowest BCUT2D eigenvalue weighted by atomic mass is 9.82. The first-order valence-corrected chi connectivity index (χ1v) is 27.3. The Bertz CT molecular complexity index is 4480. The molecule has 3 nitrogen and oxygen atoms in total. The number of hydrogen-bond donors (Lipinski definition) is 0. The van der Waals surface area contributed by atoms with Crippen LogP contribution in [0.5, 0.6) is 0 Å². The minimum Gasteiger partial charge on any atom is -0.310 e. The number of hydrogen-bond acceptors (Lipinski definition) is 3. The second kappa shape index (κ2) is 16.8. The first kappa shape index (κ1) is 44.5. The van der Waals surface area contributed by atoms with Gasteiger partial charge in [0.25, 0.3) is 0 Å². The maximum atomic E-state index is 2.47. The van der Waals surface area contributed by atoms with Crippen molar-refractivity contribution in [2.75, 3.05) is 9.80 Å². The Morgan fingerprint density at radius 3 is 1.50 bits per heavy atom. The fourth-order valence-electron chi connectivity index (χ4n) is 13.0. The molecule has 0 N–H and O–H groups in total. The molecule has 0 amide bonds. The van der Waals surface area contributed by atoms with Crippen molar-refractivity contribution in [2.45, 2.75) is 38.5 Å². The van der Waals surface area contributed by atoms with Crippen LogP contribution in [0.1, 0.15) is 49.9 Å². The summed E-state index contributed by atoms with van der Waals surface area (Å²) in [6.45, 7) is 9.48. The number of nitrogens with zero attached hydrogens (tertiary/aromatic N) is 3. The average Bonchev–Trinajstić information content (AvgIpc) is 4.19. The fourth-order valence-corrected chi connectivity index (χ4v) is 14.1. The van der Waals surface area contributed by atoms with Gasteiger partial charge < -0.3 is 14.4 Å². The van der Waals surface area contributed by atoms with E-state index in [1.165, 1.54) is 92.2 Å². The predicted octanol–water partition coefficient (Wildman–Crippen LogP) is 20.4. The summed E-state index contributed by atoms with van der Waals surface area (Å²) in [6, 6.07) is 92.9. The summed E-state index contributed by atoms with van der Waals surface area (Å²) in [6.07, 6.45) is 0. The molecule has 15 rings (SSSR count). The van der Waals surface area contributed by atoms with E-state index in [-0.39, 0.29) is 10.8 Å². The van der Waals surface area contributed by atoms with Crippen LogP contribution in [-0.2, 0) is 10.8 Å². The van der Waals surface area contributed by atoms with Crippen LogP contribution in [0, 0.1) is 0 Å². The Morgan fingerprint density at radius 2 is 0.816 bits per heavy atom. The van der Waals surface area contributed by atoms with E-state index < -0.39 is 0 Å². The molecular formula is C72H53N3S. The zero-order chi connectivity index (χ0) is 50.9. The van der Waals surface area contributed by atoms with Gasteiger partial charge in [0, 0.05) is 81.6 Å². The van der Waals surface area contributed by atoms with Gasteiger partial charge in [-0.1, -0.05) is 167 Å². The molecular weight excluding hydrogens is 939 g/mol. The van der Waals surface area contributed by atoms with E-state index in [0.29, 0.717) is 0 Å². The van der Waals surface area contributed by atoms with E-state index in [2.05, 4.69) is 291 Å². The lowest BCUT2D eigenvalue weighted by Crippen LogP contribution is -2.17.